The van der Waals surface area contributed by atoms with Gasteiger partial charge >= 0.3 is 0 Å². The summed E-state index contributed by atoms with van der Waals surface area (Å²) in [6.07, 6.45) is 3.59. The molecule has 0 heterocycles. The van der Waals surface area contributed by atoms with Crippen molar-refractivity contribution < 1.29 is 13.2 Å². The van der Waals surface area contributed by atoms with Gasteiger partial charge in [-0.05, 0) is 12.8 Å². The van der Waals surface area contributed by atoms with Gasteiger partial charge in [-0.25, -0.2) is 13.2 Å². The molecule has 1 aromatic carbocycles. The van der Waals surface area contributed by atoms with E-state index in [9.17, 15) is 13.2 Å². The summed E-state index contributed by atoms with van der Waals surface area (Å²) in [5.74, 6) is -3.40. The third-order valence-corrected chi connectivity index (χ3v) is 2.77. The van der Waals surface area contributed by atoms with Crippen molar-refractivity contribution in [3.8, 4) is 0 Å². The number of rotatable bonds is 5. The van der Waals surface area contributed by atoms with E-state index in [1.165, 1.54) is 0 Å². The SMILES string of the molecule is CCCCCCc1c(F)c(N)c(N)c(F)c1F. The van der Waals surface area contributed by atoms with Crippen LogP contribution in [0.2, 0.25) is 0 Å². The molecule has 5 heteroatoms. The Kier molecular flexibility index (Phi) is 4.66. The van der Waals surface area contributed by atoms with Crippen molar-refractivity contribution >= 4 is 11.4 Å². The van der Waals surface area contributed by atoms with E-state index in [1.807, 2.05) is 6.92 Å². The summed E-state index contributed by atoms with van der Waals surface area (Å²) in [5.41, 5.74) is 8.96. The highest BCUT2D eigenvalue weighted by Gasteiger charge is 2.21. The maximum atomic E-state index is 13.6. The van der Waals surface area contributed by atoms with E-state index in [1.54, 1.807) is 0 Å². The highest BCUT2D eigenvalue weighted by Crippen LogP contribution is 2.30. The van der Waals surface area contributed by atoms with Crippen LogP contribution in [0.1, 0.15) is 38.2 Å². The second kappa shape index (κ2) is 5.80. The van der Waals surface area contributed by atoms with Gasteiger partial charge in [-0.15, -0.1) is 0 Å². The lowest BCUT2D eigenvalue weighted by Gasteiger charge is -2.10. The van der Waals surface area contributed by atoms with Gasteiger partial charge in [0.15, 0.2) is 17.5 Å². The molecule has 0 aliphatic carbocycles. The summed E-state index contributed by atoms with van der Waals surface area (Å²) >= 11 is 0. The molecule has 1 rings (SSSR count). The van der Waals surface area contributed by atoms with E-state index < -0.39 is 28.8 Å². The fraction of sp³-hybridized carbons (Fsp3) is 0.500. The Morgan fingerprint density at radius 3 is 2.00 bits per heavy atom. The molecule has 0 spiro atoms. The molecule has 0 fully saturated rings. The lowest BCUT2D eigenvalue weighted by Crippen LogP contribution is -2.09. The fourth-order valence-corrected chi connectivity index (χ4v) is 1.69. The number of hydrogen-bond acceptors (Lipinski definition) is 2. The Morgan fingerprint density at radius 2 is 1.41 bits per heavy atom. The molecule has 0 saturated heterocycles. The summed E-state index contributed by atoms with van der Waals surface area (Å²) in [6, 6.07) is 0. The van der Waals surface area contributed by atoms with E-state index in [4.69, 9.17) is 11.5 Å². The summed E-state index contributed by atoms with van der Waals surface area (Å²) in [5, 5.41) is 0. The van der Waals surface area contributed by atoms with E-state index in [0.717, 1.165) is 19.3 Å². The Labute approximate surface area is 98.8 Å². The molecule has 1 aromatic rings. The van der Waals surface area contributed by atoms with Crippen LogP contribution in [0, 0.1) is 17.5 Å². The minimum atomic E-state index is -1.26. The molecule has 0 saturated carbocycles. The second-order valence-corrected chi connectivity index (χ2v) is 4.06. The molecule has 0 radical (unpaired) electrons. The number of nitrogens with two attached hydrogens (primary N) is 2. The van der Waals surface area contributed by atoms with Crippen LogP contribution in [0.4, 0.5) is 24.5 Å². The van der Waals surface area contributed by atoms with Gasteiger partial charge in [0, 0.05) is 5.56 Å². The molecule has 0 aromatic heterocycles. The zero-order valence-electron chi connectivity index (χ0n) is 9.82. The Morgan fingerprint density at radius 1 is 0.824 bits per heavy atom. The van der Waals surface area contributed by atoms with E-state index in [0.29, 0.717) is 6.42 Å². The predicted octanol–water partition coefficient (Wildman–Crippen LogP) is 3.39. The van der Waals surface area contributed by atoms with Crippen LogP contribution < -0.4 is 11.5 Å². The minimum absolute atomic E-state index is 0.138. The molecule has 4 N–H and O–H groups in total. The fourth-order valence-electron chi connectivity index (χ4n) is 1.69. The van der Waals surface area contributed by atoms with Crippen LogP contribution in [0.15, 0.2) is 0 Å². The Bertz CT molecular complexity index is 376. The zero-order chi connectivity index (χ0) is 13.0. The van der Waals surface area contributed by atoms with Crippen LogP contribution in [0.5, 0.6) is 0 Å². The van der Waals surface area contributed by atoms with Crippen LogP contribution in [-0.2, 0) is 6.42 Å². The first-order chi connectivity index (χ1) is 8.00. The predicted molar refractivity (Wildman–Crippen MR) is 63.0 cm³/mol. The lowest BCUT2D eigenvalue weighted by molar-refractivity contribution is 0.480. The topological polar surface area (TPSA) is 52.0 Å². The van der Waals surface area contributed by atoms with Crippen LogP contribution in [-0.4, -0.2) is 0 Å². The van der Waals surface area contributed by atoms with E-state index in [2.05, 4.69) is 0 Å². The number of hydrogen-bond donors (Lipinski definition) is 2. The standard InChI is InChI=1S/C12H17F3N2/c1-2-3-4-5-6-7-8(13)10(15)12(17)11(16)9(7)14/h2-6,16-17H2,1H3. The van der Waals surface area contributed by atoms with E-state index in [-0.39, 0.29) is 12.0 Å². The van der Waals surface area contributed by atoms with Crippen molar-refractivity contribution in [1.82, 2.24) is 0 Å². The van der Waals surface area contributed by atoms with Gasteiger partial charge in [-0.1, -0.05) is 26.2 Å². The van der Waals surface area contributed by atoms with Crippen molar-refractivity contribution in [2.24, 2.45) is 0 Å². The Balaban J connectivity index is 2.92. The molecule has 0 aliphatic heterocycles. The normalized spacial score (nSPS) is 10.8. The zero-order valence-corrected chi connectivity index (χ0v) is 9.82. The van der Waals surface area contributed by atoms with Gasteiger partial charge in [0.1, 0.15) is 0 Å². The molecule has 17 heavy (non-hydrogen) atoms. The third kappa shape index (κ3) is 2.84. The van der Waals surface area contributed by atoms with Gasteiger partial charge in [0.2, 0.25) is 0 Å². The first-order valence-electron chi connectivity index (χ1n) is 5.70. The van der Waals surface area contributed by atoms with Crippen molar-refractivity contribution in [3.63, 3.8) is 0 Å². The van der Waals surface area contributed by atoms with Crippen molar-refractivity contribution in [2.45, 2.75) is 39.0 Å². The summed E-state index contributed by atoms with van der Waals surface area (Å²) < 4.78 is 40.3. The molecule has 0 unspecified atom stereocenters. The molecule has 2 nitrogen and oxygen atoms in total. The smallest absolute Gasteiger partial charge is 0.184 e. The number of unbranched alkanes of at least 4 members (excludes halogenated alkanes) is 3. The average molecular weight is 246 g/mol. The highest BCUT2D eigenvalue weighted by atomic mass is 19.2. The average Bonchev–Trinajstić information content (AvgIpc) is 2.33. The maximum Gasteiger partial charge on any atom is 0.184 e. The van der Waals surface area contributed by atoms with Gasteiger partial charge < -0.3 is 11.5 Å². The van der Waals surface area contributed by atoms with E-state index >= 15 is 0 Å². The molecule has 0 bridgehead atoms. The Hall–Kier alpha value is -1.39. The van der Waals surface area contributed by atoms with Crippen LogP contribution >= 0.6 is 0 Å². The molecule has 0 amide bonds. The van der Waals surface area contributed by atoms with Crippen molar-refractivity contribution in [2.75, 3.05) is 11.5 Å². The minimum Gasteiger partial charge on any atom is -0.395 e. The number of nitrogen functional groups attached to an aromatic ring is 2. The van der Waals surface area contributed by atoms with Crippen molar-refractivity contribution in [3.05, 3.63) is 23.0 Å². The van der Waals surface area contributed by atoms with Gasteiger partial charge in [-0.3, -0.25) is 0 Å². The summed E-state index contributed by atoms with van der Waals surface area (Å²) in [6.45, 7) is 2.03. The van der Waals surface area contributed by atoms with Gasteiger partial charge in [0.05, 0.1) is 11.4 Å². The third-order valence-electron chi connectivity index (χ3n) is 2.77. The second-order valence-electron chi connectivity index (χ2n) is 4.06. The molecule has 0 atom stereocenters. The summed E-state index contributed by atoms with van der Waals surface area (Å²) in [7, 11) is 0. The quantitative estimate of drug-likeness (QED) is 0.475. The van der Waals surface area contributed by atoms with Crippen molar-refractivity contribution in [1.29, 1.82) is 0 Å². The largest absolute Gasteiger partial charge is 0.395 e. The molecule has 96 valence electrons. The first kappa shape index (κ1) is 13.7. The first-order valence-corrected chi connectivity index (χ1v) is 5.70. The molecule has 0 aliphatic rings. The van der Waals surface area contributed by atoms with Crippen LogP contribution in [0.25, 0.3) is 0 Å². The number of halogens is 3. The lowest BCUT2D eigenvalue weighted by atomic mass is 10.0. The van der Waals surface area contributed by atoms with Crippen LogP contribution in [0.3, 0.4) is 0 Å². The number of anilines is 2. The molecular formula is C12H17F3N2. The summed E-state index contributed by atoms with van der Waals surface area (Å²) in [4.78, 5) is 0. The monoisotopic (exact) mass is 246 g/mol. The molecular weight excluding hydrogens is 229 g/mol. The highest BCUT2D eigenvalue weighted by molar-refractivity contribution is 5.66. The maximum absolute atomic E-state index is 13.6. The number of benzene rings is 1. The van der Waals surface area contributed by atoms with Gasteiger partial charge in [0.25, 0.3) is 0 Å². The van der Waals surface area contributed by atoms with Gasteiger partial charge in [-0.2, -0.15) is 0 Å².